The van der Waals surface area contributed by atoms with E-state index in [1.165, 1.54) is 6.92 Å². The van der Waals surface area contributed by atoms with Crippen molar-refractivity contribution in [2.75, 3.05) is 19.6 Å². The van der Waals surface area contributed by atoms with E-state index in [0.717, 1.165) is 13.0 Å². The van der Waals surface area contributed by atoms with Gasteiger partial charge in [0.15, 0.2) is 0 Å². The van der Waals surface area contributed by atoms with E-state index in [1.54, 1.807) is 4.90 Å². The Morgan fingerprint density at radius 3 is 2.92 bits per heavy atom. The van der Waals surface area contributed by atoms with Gasteiger partial charge in [-0.25, -0.2) is 0 Å². The van der Waals surface area contributed by atoms with Crippen molar-refractivity contribution < 1.29 is 9.90 Å². The lowest BCUT2D eigenvalue weighted by molar-refractivity contribution is -0.138. The second-order valence-corrected chi connectivity index (χ2v) is 3.35. The van der Waals surface area contributed by atoms with Crippen LogP contribution >= 0.6 is 0 Å². The fourth-order valence-electron chi connectivity index (χ4n) is 1.49. The van der Waals surface area contributed by atoms with Gasteiger partial charge in [-0.1, -0.05) is 0 Å². The standard InChI is InChI=1S/C8H16N2O2/c1-6(11)8(12)10-3-2-7(4-9)5-10/h6-7,11H,2-5,9H2,1H3/t6-,7?/m0/s1. The quantitative estimate of drug-likeness (QED) is 0.571. The molecule has 0 radical (unpaired) electrons. The summed E-state index contributed by atoms with van der Waals surface area (Å²) >= 11 is 0. The molecule has 0 aromatic rings. The van der Waals surface area contributed by atoms with E-state index in [4.69, 9.17) is 10.8 Å². The third-order valence-corrected chi connectivity index (χ3v) is 2.29. The van der Waals surface area contributed by atoms with Crippen molar-refractivity contribution in [2.24, 2.45) is 11.7 Å². The van der Waals surface area contributed by atoms with Crippen LogP contribution in [0.4, 0.5) is 0 Å². The molecule has 0 bridgehead atoms. The molecule has 1 heterocycles. The van der Waals surface area contributed by atoms with Gasteiger partial charge in [0.2, 0.25) is 0 Å². The topological polar surface area (TPSA) is 66.6 Å². The van der Waals surface area contributed by atoms with Crippen molar-refractivity contribution in [1.29, 1.82) is 0 Å². The highest BCUT2D eigenvalue weighted by atomic mass is 16.3. The molecule has 0 spiro atoms. The van der Waals surface area contributed by atoms with Gasteiger partial charge < -0.3 is 15.7 Å². The van der Waals surface area contributed by atoms with Crippen LogP contribution in [0.5, 0.6) is 0 Å². The molecule has 3 N–H and O–H groups in total. The van der Waals surface area contributed by atoms with E-state index in [-0.39, 0.29) is 5.91 Å². The molecule has 1 amide bonds. The number of nitrogens with two attached hydrogens (primary N) is 1. The highest BCUT2D eigenvalue weighted by Gasteiger charge is 2.26. The minimum atomic E-state index is -0.874. The minimum absolute atomic E-state index is 0.175. The summed E-state index contributed by atoms with van der Waals surface area (Å²) in [5.41, 5.74) is 5.47. The first-order chi connectivity index (χ1) is 5.65. The van der Waals surface area contributed by atoms with Crippen LogP contribution in [0.15, 0.2) is 0 Å². The molecule has 0 aromatic heterocycles. The van der Waals surface area contributed by atoms with Crippen molar-refractivity contribution in [3.8, 4) is 0 Å². The summed E-state index contributed by atoms with van der Waals surface area (Å²) in [4.78, 5) is 12.9. The Hall–Kier alpha value is -0.610. The van der Waals surface area contributed by atoms with Crippen LogP contribution in [0.2, 0.25) is 0 Å². The van der Waals surface area contributed by atoms with Crippen molar-refractivity contribution in [3.63, 3.8) is 0 Å². The summed E-state index contributed by atoms with van der Waals surface area (Å²) in [5, 5.41) is 9.02. The maximum atomic E-state index is 11.2. The van der Waals surface area contributed by atoms with E-state index < -0.39 is 6.10 Å². The number of nitrogens with zero attached hydrogens (tertiary/aromatic N) is 1. The van der Waals surface area contributed by atoms with Gasteiger partial charge in [-0.3, -0.25) is 4.79 Å². The Bertz CT molecular complexity index is 170. The summed E-state index contributed by atoms with van der Waals surface area (Å²) < 4.78 is 0. The van der Waals surface area contributed by atoms with E-state index in [2.05, 4.69) is 0 Å². The van der Waals surface area contributed by atoms with Gasteiger partial charge in [0.1, 0.15) is 6.10 Å². The molecule has 4 heteroatoms. The molecule has 0 aromatic carbocycles. The fourth-order valence-corrected chi connectivity index (χ4v) is 1.49. The van der Waals surface area contributed by atoms with E-state index in [1.807, 2.05) is 0 Å². The monoisotopic (exact) mass is 172 g/mol. The van der Waals surface area contributed by atoms with Gasteiger partial charge in [0, 0.05) is 13.1 Å². The summed E-state index contributed by atoms with van der Waals surface area (Å²) in [6.07, 6.45) is 0.0936. The maximum Gasteiger partial charge on any atom is 0.251 e. The number of hydrogen-bond donors (Lipinski definition) is 2. The number of likely N-dealkylation sites (tertiary alicyclic amines) is 1. The van der Waals surface area contributed by atoms with Crippen molar-refractivity contribution in [2.45, 2.75) is 19.4 Å². The second kappa shape index (κ2) is 3.87. The average molecular weight is 172 g/mol. The van der Waals surface area contributed by atoms with Gasteiger partial charge in [-0.15, -0.1) is 0 Å². The molecule has 12 heavy (non-hydrogen) atoms. The Kier molecular flexibility index (Phi) is 3.05. The molecule has 0 aliphatic carbocycles. The number of amides is 1. The molecule has 1 fully saturated rings. The summed E-state index contributed by atoms with van der Waals surface area (Å²) in [6, 6.07) is 0. The van der Waals surface area contributed by atoms with Gasteiger partial charge in [0.05, 0.1) is 0 Å². The van der Waals surface area contributed by atoms with Crippen LogP contribution in [0.3, 0.4) is 0 Å². The summed E-state index contributed by atoms with van der Waals surface area (Å²) in [7, 11) is 0. The first kappa shape index (κ1) is 9.48. The highest BCUT2D eigenvalue weighted by molar-refractivity contribution is 5.80. The van der Waals surface area contributed by atoms with Gasteiger partial charge in [-0.05, 0) is 25.8 Å². The number of carbonyl (C=O) groups excluding carboxylic acids is 1. The summed E-state index contributed by atoms with van der Waals surface area (Å²) in [6.45, 7) is 3.58. The zero-order valence-corrected chi connectivity index (χ0v) is 7.36. The molecule has 1 aliphatic rings. The molecule has 1 rings (SSSR count). The largest absolute Gasteiger partial charge is 0.384 e. The van der Waals surface area contributed by atoms with Gasteiger partial charge in [-0.2, -0.15) is 0 Å². The Balaban J connectivity index is 2.41. The molecule has 0 saturated carbocycles. The first-order valence-corrected chi connectivity index (χ1v) is 4.32. The normalized spacial score (nSPS) is 25.9. The average Bonchev–Trinajstić information content (AvgIpc) is 2.50. The van der Waals surface area contributed by atoms with Crippen LogP contribution < -0.4 is 5.73 Å². The molecule has 2 atom stereocenters. The SMILES string of the molecule is C[C@H](O)C(=O)N1CCC(CN)C1. The molecule has 4 nitrogen and oxygen atoms in total. The zero-order valence-electron chi connectivity index (χ0n) is 7.36. The molecule has 1 unspecified atom stereocenters. The lowest BCUT2D eigenvalue weighted by Crippen LogP contribution is -2.36. The zero-order chi connectivity index (χ0) is 9.14. The smallest absolute Gasteiger partial charge is 0.251 e. The number of carbonyl (C=O) groups is 1. The second-order valence-electron chi connectivity index (χ2n) is 3.35. The van der Waals surface area contributed by atoms with Crippen molar-refractivity contribution >= 4 is 5.91 Å². The third kappa shape index (κ3) is 1.95. The van der Waals surface area contributed by atoms with Crippen LogP contribution in [-0.4, -0.2) is 41.7 Å². The lowest BCUT2D eigenvalue weighted by atomic mass is 10.1. The third-order valence-electron chi connectivity index (χ3n) is 2.29. The fraction of sp³-hybridized carbons (Fsp3) is 0.875. The first-order valence-electron chi connectivity index (χ1n) is 4.32. The molecular weight excluding hydrogens is 156 g/mol. The van der Waals surface area contributed by atoms with Gasteiger partial charge >= 0.3 is 0 Å². The van der Waals surface area contributed by atoms with Crippen molar-refractivity contribution in [3.05, 3.63) is 0 Å². The van der Waals surface area contributed by atoms with Crippen molar-refractivity contribution in [1.82, 2.24) is 4.90 Å². The number of hydrogen-bond acceptors (Lipinski definition) is 3. The number of aliphatic hydroxyl groups excluding tert-OH is 1. The Morgan fingerprint density at radius 1 is 1.83 bits per heavy atom. The van der Waals surface area contributed by atoms with Crippen LogP contribution in [0.25, 0.3) is 0 Å². The molecule has 1 aliphatic heterocycles. The minimum Gasteiger partial charge on any atom is -0.384 e. The molecule has 1 saturated heterocycles. The summed E-state index contributed by atoms with van der Waals surface area (Å²) in [5.74, 6) is 0.249. The predicted octanol–water partition coefficient (Wildman–Crippen LogP) is -0.826. The van der Waals surface area contributed by atoms with E-state index in [9.17, 15) is 4.79 Å². The maximum absolute atomic E-state index is 11.2. The Morgan fingerprint density at radius 2 is 2.50 bits per heavy atom. The van der Waals surface area contributed by atoms with Crippen LogP contribution in [0, 0.1) is 5.92 Å². The number of aliphatic hydroxyl groups is 1. The number of rotatable bonds is 2. The highest BCUT2D eigenvalue weighted by Crippen LogP contribution is 2.15. The van der Waals surface area contributed by atoms with E-state index >= 15 is 0 Å². The van der Waals surface area contributed by atoms with Crippen LogP contribution in [-0.2, 0) is 4.79 Å². The van der Waals surface area contributed by atoms with E-state index in [0.29, 0.717) is 19.0 Å². The molecular formula is C8H16N2O2. The Labute approximate surface area is 72.3 Å². The predicted molar refractivity (Wildman–Crippen MR) is 45.4 cm³/mol. The lowest BCUT2D eigenvalue weighted by Gasteiger charge is -2.17. The van der Waals surface area contributed by atoms with Crippen LogP contribution in [0.1, 0.15) is 13.3 Å². The van der Waals surface area contributed by atoms with Gasteiger partial charge in [0.25, 0.3) is 5.91 Å². The molecule has 70 valence electrons.